The Bertz CT molecular complexity index is 1090. The SMILES string of the molecule is Cc1ccccc1-n1nnnc1S[C@@H](C)c1nc2ccccc2n1C(F)F. The molecule has 0 aliphatic rings. The average molecular weight is 386 g/mol. The summed E-state index contributed by atoms with van der Waals surface area (Å²) in [6.07, 6.45) is 0. The maximum Gasteiger partial charge on any atom is 0.320 e. The van der Waals surface area contributed by atoms with Gasteiger partial charge in [0.1, 0.15) is 5.82 Å². The van der Waals surface area contributed by atoms with Crippen LogP contribution in [0, 0.1) is 6.92 Å². The molecule has 2 aromatic heterocycles. The molecule has 2 aromatic carbocycles. The van der Waals surface area contributed by atoms with Crippen LogP contribution in [-0.2, 0) is 0 Å². The van der Waals surface area contributed by atoms with E-state index in [9.17, 15) is 8.78 Å². The molecular formula is C18H16F2N6S. The molecule has 0 N–H and O–H groups in total. The van der Waals surface area contributed by atoms with Gasteiger partial charge in [-0.2, -0.15) is 13.5 Å². The molecule has 2 heterocycles. The molecular weight excluding hydrogens is 370 g/mol. The van der Waals surface area contributed by atoms with E-state index in [-0.39, 0.29) is 11.1 Å². The van der Waals surface area contributed by atoms with Crippen LogP contribution in [0.1, 0.15) is 30.1 Å². The zero-order valence-corrected chi connectivity index (χ0v) is 15.4. The minimum Gasteiger partial charge on any atom is -0.269 e. The monoisotopic (exact) mass is 386 g/mol. The zero-order valence-electron chi connectivity index (χ0n) is 14.6. The summed E-state index contributed by atoms with van der Waals surface area (Å²) in [5.41, 5.74) is 2.81. The highest BCUT2D eigenvalue weighted by Crippen LogP contribution is 2.37. The van der Waals surface area contributed by atoms with E-state index in [1.54, 1.807) is 28.9 Å². The van der Waals surface area contributed by atoms with Gasteiger partial charge in [0.2, 0.25) is 5.16 Å². The van der Waals surface area contributed by atoms with Gasteiger partial charge in [-0.25, -0.2) is 4.98 Å². The van der Waals surface area contributed by atoms with Crippen LogP contribution in [0.4, 0.5) is 8.78 Å². The van der Waals surface area contributed by atoms with Crippen LogP contribution in [0.2, 0.25) is 0 Å². The maximum absolute atomic E-state index is 13.7. The summed E-state index contributed by atoms with van der Waals surface area (Å²) >= 11 is 1.29. The van der Waals surface area contributed by atoms with Crippen molar-refractivity contribution in [2.75, 3.05) is 0 Å². The third-order valence-corrected chi connectivity index (χ3v) is 5.28. The molecule has 0 bridgehead atoms. The first-order valence-electron chi connectivity index (χ1n) is 8.32. The van der Waals surface area contributed by atoms with Crippen molar-refractivity contribution in [1.29, 1.82) is 0 Å². The Morgan fingerprint density at radius 2 is 1.78 bits per heavy atom. The van der Waals surface area contributed by atoms with Crippen molar-refractivity contribution in [3.63, 3.8) is 0 Å². The van der Waals surface area contributed by atoms with Gasteiger partial charge in [0, 0.05) is 0 Å². The van der Waals surface area contributed by atoms with Gasteiger partial charge in [-0.05, 0) is 48.0 Å². The maximum atomic E-state index is 13.7. The van der Waals surface area contributed by atoms with E-state index in [0.717, 1.165) is 15.8 Å². The fourth-order valence-corrected chi connectivity index (χ4v) is 3.88. The van der Waals surface area contributed by atoms with Crippen LogP contribution < -0.4 is 0 Å². The standard InChI is InChI=1S/C18H16F2N6S/c1-11-7-3-5-9-14(11)26-18(22-23-24-26)27-12(2)16-21-13-8-4-6-10-15(13)25(16)17(19)20/h3-10,12,17H,1-2H3/t12-/m0/s1. The number of fused-ring (bicyclic) bond motifs is 1. The van der Waals surface area contributed by atoms with E-state index in [4.69, 9.17) is 0 Å². The van der Waals surface area contributed by atoms with E-state index in [1.165, 1.54) is 11.8 Å². The smallest absolute Gasteiger partial charge is 0.269 e. The summed E-state index contributed by atoms with van der Waals surface area (Å²) < 4.78 is 30.0. The number of rotatable bonds is 5. The largest absolute Gasteiger partial charge is 0.320 e. The summed E-state index contributed by atoms with van der Waals surface area (Å²) in [6, 6.07) is 14.6. The van der Waals surface area contributed by atoms with Crippen molar-refractivity contribution in [3.8, 4) is 5.69 Å². The molecule has 0 amide bonds. The van der Waals surface area contributed by atoms with Crippen LogP contribution in [0.15, 0.2) is 53.7 Å². The number of imidazole rings is 1. The van der Waals surface area contributed by atoms with Gasteiger partial charge in [-0.3, -0.25) is 4.57 Å². The first-order chi connectivity index (χ1) is 13.1. The molecule has 1 atom stereocenters. The van der Waals surface area contributed by atoms with Crippen LogP contribution in [0.3, 0.4) is 0 Å². The number of aromatic nitrogens is 6. The van der Waals surface area contributed by atoms with Crippen LogP contribution >= 0.6 is 11.8 Å². The van der Waals surface area contributed by atoms with Gasteiger partial charge < -0.3 is 0 Å². The zero-order chi connectivity index (χ0) is 19.0. The second-order valence-electron chi connectivity index (χ2n) is 6.03. The van der Waals surface area contributed by atoms with Gasteiger partial charge in [0.05, 0.1) is 22.0 Å². The van der Waals surface area contributed by atoms with Crippen LogP contribution in [-0.4, -0.2) is 29.8 Å². The van der Waals surface area contributed by atoms with Crippen LogP contribution in [0.5, 0.6) is 0 Å². The highest BCUT2D eigenvalue weighted by molar-refractivity contribution is 7.99. The van der Waals surface area contributed by atoms with E-state index in [0.29, 0.717) is 16.2 Å². The van der Waals surface area contributed by atoms with Gasteiger partial charge in [0.15, 0.2) is 0 Å². The predicted molar refractivity (Wildman–Crippen MR) is 99.1 cm³/mol. The molecule has 0 aliphatic carbocycles. The lowest BCUT2D eigenvalue weighted by Crippen LogP contribution is -2.07. The lowest BCUT2D eigenvalue weighted by molar-refractivity contribution is 0.0715. The fraction of sp³-hybridized carbons (Fsp3) is 0.222. The van der Waals surface area contributed by atoms with Gasteiger partial charge in [-0.15, -0.1) is 5.10 Å². The molecule has 0 saturated heterocycles. The minimum absolute atomic E-state index is 0.288. The predicted octanol–water partition coefficient (Wildman–Crippen LogP) is 4.57. The molecule has 0 unspecified atom stereocenters. The molecule has 27 heavy (non-hydrogen) atoms. The molecule has 0 radical (unpaired) electrons. The number of halogens is 2. The number of benzene rings is 2. The molecule has 4 rings (SSSR count). The molecule has 6 nitrogen and oxygen atoms in total. The first kappa shape index (κ1) is 17.6. The quantitative estimate of drug-likeness (QED) is 0.470. The topological polar surface area (TPSA) is 61.4 Å². The lowest BCUT2D eigenvalue weighted by atomic mass is 10.2. The second kappa shape index (κ2) is 7.07. The van der Waals surface area contributed by atoms with Crippen molar-refractivity contribution < 1.29 is 8.78 Å². The Kier molecular flexibility index (Phi) is 4.61. The van der Waals surface area contributed by atoms with Gasteiger partial charge in [0.25, 0.3) is 0 Å². The number of nitrogens with zero attached hydrogens (tertiary/aromatic N) is 6. The number of hydrogen-bond acceptors (Lipinski definition) is 5. The Labute approximate surface area is 158 Å². The van der Waals surface area contributed by atoms with Crippen molar-refractivity contribution in [2.45, 2.75) is 30.8 Å². The summed E-state index contributed by atoms with van der Waals surface area (Å²) in [7, 11) is 0. The molecule has 138 valence electrons. The Morgan fingerprint density at radius 3 is 2.56 bits per heavy atom. The van der Waals surface area contributed by atoms with Gasteiger partial charge >= 0.3 is 6.55 Å². The number of aryl methyl sites for hydroxylation is 1. The summed E-state index contributed by atoms with van der Waals surface area (Å²) in [5, 5.41) is 12.0. The third kappa shape index (κ3) is 3.18. The van der Waals surface area contributed by atoms with Crippen LogP contribution in [0.25, 0.3) is 16.7 Å². The summed E-state index contributed by atoms with van der Waals surface area (Å²) in [5.74, 6) is 0.288. The fourth-order valence-electron chi connectivity index (χ4n) is 2.97. The Hall–Kier alpha value is -2.81. The Balaban J connectivity index is 1.72. The first-order valence-corrected chi connectivity index (χ1v) is 9.20. The summed E-state index contributed by atoms with van der Waals surface area (Å²) in [4.78, 5) is 4.42. The van der Waals surface area contributed by atoms with Crippen molar-refractivity contribution in [1.82, 2.24) is 29.8 Å². The average Bonchev–Trinajstić information content (AvgIpc) is 3.26. The summed E-state index contributed by atoms with van der Waals surface area (Å²) in [6.45, 7) is 1.11. The Morgan fingerprint density at radius 1 is 1.04 bits per heavy atom. The second-order valence-corrected chi connectivity index (χ2v) is 7.33. The lowest BCUT2D eigenvalue weighted by Gasteiger charge is -2.14. The normalized spacial score (nSPS) is 12.8. The molecule has 9 heteroatoms. The molecule has 0 saturated carbocycles. The number of thioether (sulfide) groups is 1. The number of para-hydroxylation sites is 3. The molecule has 4 aromatic rings. The highest BCUT2D eigenvalue weighted by Gasteiger charge is 2.24. The highest BCUT2D eigenvalue weighted by atomic mass is 32.2. The number of hydrogen-bond donors (Lipinski definition) is 0. The van der Waals surface area contributed by atoms with E-state index >= 15 is 0 Å². The van der Waals surface area contributed by atoms with Gasteiger partial charge in [-0.1, -0.05) is 42.1 Å². The molecule has 0 fully saturated rings. The van der Waals surface area contributed by atoms with E-state index in [1.807, 2.05) is 38.1 Å². The minimum atomic E-state index is -2.68. The van der Waals surface area contributed by atoms with Crippen molar-refractivity contribution >= 4 is 22.8 Å². The molecule has 0 aliphatic heterocycles. The number of alkyl halides is 2. The van der Waals surface area contributed by atoms with Crippen molar-refractivity contribution in [3.05, 3.63) is 59.9 Å². The molecule has 0 spiro atoms. The van der Waals surface area contributed by atoms with E-state index < -0.39 is 6.55 Å². The third-order valence-electron chi connectivity index (χ3n) is 4.25. The number of tetrazole rings is 1. The van der Waals surface area contributed by atoms with Crippen molar-refractivity contribution in [2.24, 2.45) is 0 Å². The van der Waals surface area contributed by atoms with E-state index in [2.05, 4.69) is 20.5 Å².